The van der Waals surface area contributed by atoms with Gasteiger partial charge >= 0.3 is 5.69 Å². The summed E-state index contributed by atoms with van der Waals surface area (Å²) in [7, 11) is 1.87. The van der Waals surface area contributed by atoms with Gasteiger partial charge in [0, 0.05) is 20.1 Å². The summed E-state index contributed by atoms with van der Waals surface area (Å²) in [4.78, 5) is 15.0. The average Bonchev–Trinajstić information content (AvgIpc) is 2.88. The number of benzene rings is 1. The lowest BCUT2D eigenvalue weighted by Crippen LogP contribution is -2.31. The van der Waals surface area contributed by atoms with Crippen molar-refractivity contribution < 1.29 is 4.92 Å². The number of hydrogen-bond acceptors (Lipinski definition) is 5. The van der Waals surface area contributed by atoms with E-state index in [1.165, 1.54) is 12.8 Å². The zero-order chi connectivity index (χ0) is 13.8. The van der Waals surface area contributed by atoms with E-state index in [9.17, 15) is 10.1 Å². The summed E-state index contributed by atoms with van der Waals surface area (Å²) in [5.41, 5.74) is 6.51. The molecule has 1 aliphatic rings. The quantitative estimate of drug-likeness (QED) is 0.498. The Hall–Kier alpha value is -1.82. The highest BCUT2D eigenvalue weighted by atomic mass is 16.6. The number of nitrogens with two attached hydrogens (primary N) is 1. The smallest absolute Gasteiger partial charge is 0.315 e. The average molecular weight is 264 g/mol. The van der Waals surface area contributed by atoms with Crippen LogP contribution in [0.5, 0.6) is 0 Å². The van der Waals surface area contributed by atoms with E-state index in [1.54, 1.807) is 18.2 Å². The van der Waals surface area contributed by atoms with Crippen LogP contribution in [-0.4, -0.2) is 43.0 Å². The van der Waals surface area contributed by atoms with Crippen molar-refractivity contribution in [2.45, 2.75) is 12.8 Å². The van der Waals surface area contributed by atoms with Gasteiger partial charge in [0.2, 0.25) is 0 Å². The number of hydrogen-bond donors (Lipinski definition) is 1. The second-order valence-corrected chi connectivity index (χ2v) is 4.94. The zero-order valence-electron chi connectivity index (χ0n) is 11.2. The molecule has 1 aromatic rings. The molecule has 0 bridgehead atoms. The van der Waals surface area contributed by atoms with Gasteiger partial charge in [0.1, 0.15) is 11.4 Å². The number of nitro groups is 1. The maximum absolute atomic E-state index is 11.1. The molecule has 0 aliphatic carbocycles. The van der Waals surface area contributed by atoms with Crippen molar-refractivity contribution in [1.82, 2.24) is 4.90 Å². The van der Waals surface area contributed by atoms with E-state index in [0.717, 1.165) is 26.2 Å². The minimum Gasteiger partial charge on any atom is -0.393 e. The molecular formula is C13H20N4O2. The third-order valence-electron chi connectivity index (χ3n) is 3.59. The minimum atomic E-state index is -0.406. The summed E-state index contributed by atoms with van der Waals surface area (Å²) in [6.45, 7) is 3.96. The molecule has 0 spiro atoms. The molecule has 1 fully saturated rings. The van der Waals surface area contributed by atoms with Crippen LogP contribution >= 0.6 is 0 Å². The van der Waals surface area contributed by atoms with Crippen LogP contribution in [0.25, 0.3) is 0 Å². The molecule has 0 aromatic heterocycles. The van der Waals surface area contributed by atoms with Crippen molar-refractivity contribution in [3.63, 3.8) is 0 Å². The fourth-order valence-electron chi connectivity index (χ4n) is 2.47. The molecule has 0 amide bonds. The number of para-hydroxylation sites is 1. The Morgan fingerprint density at radius 2 is 2.11 bits per heavy atom. The number of anilines is 2. The van der Waals surface area contributed by atoms with Gasteiger partial charge in [-0.1, -0.05) is 6.07 Å². The van der Waals surface area contributed by atoms with Crippen LogP contribution in [0.4, 0.5) is 17.1 Å². The molecule has 6 nitrogen and oxygen atoms in total. The lowest BCUT2D eigenvalue weighted by Gasteiger charge is -2.23. The van der Waals surface area contributed by atoms with Crippen LogP contribution in [0, 0.1) is 10.1 Å². The maximum atomic E-state index is 11.1. The highest BCUT2D eigenvalue weighted by Crippen LogP contribution is 2.32. The number of nitro benzene ring substituents is 1. The monoisotopic (exact) mass is 264 g/mol. The Morgan fingerprint density at radius 3 is 2.74 bits per heavy atom. The van der Waals surface area contributed by atoms with Crippen LogP contribution < -0.4 is 10.6 Å². The Morgan fingerprint density at radius 1 is 1.42 bits per heavy atom. The van der Waals surface area contributed by atoms with Crippen LogP contribution in [0.3, 0.4) is 0 Å². The summed E-state index contributed by atoms with van der Waals surface area (Å²) in [6.07, 6.45) is 2.50. The molecule has 1 saturated heterocycles. The lowest BCUT2D eigenvalue weighted by atomic mass is 10.2. The van der Waals surface area contributed by atoms with E-state index < -0.39 is 4.92 Å². The summed E-state index contributed by atoms with van der Waals surface area (Å²) in [5, 5.41) is 11.1. The van der Waals surface area contributed by atoms with E-state index in [4.69, 9.17) is 5.73 Å². The molecule has 1 heterocycles. The first-order chi connectivity index (χ1) is 9.09. The molecule has 19 heavy (non-hydrogen) atoms. The highest BCUT2D eigenvalue weighted by molar-refractivity contribution is 5.75. The van der Waals surface area contributed by atoms with Crippen LogP contribution in [0.1, 0.15) is 12.8 Å². The second kappa shape index (κ2) is 5.88. The number of nitrogens with zero attached hydrogens (tertiary/aromatic N) is 3. The number of likely N-dealkylation sites (tertiary alicyclic amines) is 1. The van der Waals surface area contributed by atoms with Crippen molar-refractivity contribution in [2.75, 3.05) is 43.9 Å². The Balaban J connectivity index is 2.07. The third kappa shape index (κ3) is 3.14. The molecule has 1 aromatic carbocycles. The molecule has 6 heteroatoms. The van der Waals surface area contributed by atoms with Gasteiger partial charge in [0.25, 0.3) is 0 Å². The van der Waals surface area contributed by atoms with Crippen molar-refractivity contribution in [2.24, 2.45) is 0 Å². The predicted octanol–water partition coefficient (Wildman–Crippen LogP) is 1.71. The summed E-state index contributed by atoms with van der Waals surface area (Å²) in [6, 6.07) is 5.07. The predicted molar refractivity (Wildman–Crippen MR) is 76.5 cm³/mol. The van der Waals surface area contributed by atoms with E-state index in [2.05, 4.69) is 4.90 Å². The second-order valence-electron chi connectivity index (χ2n) is 4.94. The number of likely N-dealkylation sites (N-methyl/N-ethyl adjacent to an activating group) is 1. The van der Waals surface area contributed by atoms with Gasteiger partial charge in [-0.2, -0.15) is 0 Å². The Labute approximate surface area is 112 Å². The van der Waals surface area contributed by atoms with E-state index in [0.29, 0.717) is 5.69 Å². The highest BCUT2D eigenvalue weighted by Gasteiger charge is 2.21. The van der Waals surface area contributed by atoms with Crippen molar-refractivity contribution in [3.05, 3.63) is 28.3 Å². The van der Waals surface area contributed by atoms with Crippen LogP contribution in [-0.2, 0) is 0 Å². The summed E-state index contributed by atoms with van der Waals surface area (Å²) >= 11 is 0. The Bertz CT molecular complexity index is 458. The Kier molecular flexibility index (Phi) is 4.21. The minimum absolute atomic E-state index is 0.00595. The molecular weight excluding hydrogens is 244 g/mol. The van der Waals surface area contributed by atoms with E-state index >= 15 is 0 Å². The first-order valence-electron chi connectivity index (χ1n) is 6.56. The molecule has 2 rings (SSSR count). The van der Waals surface area contributed by atoms with Gasteiger partial charge in [-0.05, 0) is 38.1 Å². The van der Waals surface area contributed by atoms with E-state index in [1.807, 2.05) is 11.9 Å². The van der Waals surface area contributed by atoms with Crippen molar-refractivity contribution in [3.8, 4) is 0 Å². The largest absolute Gasteiger partial charge is 0.393 e. The van der Waals surface area contributed by atoms with E-state index in [-0.39, 0.29) is 11.4 Å². The normalized spacial score (nSPS) is 15.6. The van der Waals surface area contributed by atoms with Crippen molar-refractivity contribution >= 4 is 17.1 Å². The first kappa shape index (κ1) is 13.6. The number of nitrogen functional groups attached to an aromatic ring is 1. The summed E-state index contributed by atoms with van der Waals surface area (Å²) in [5.74, 6) is 0. The maximum Gasteiger partial charge on any atom is 0.315 e. The molecule has 0 saturated carbocycles. The van der Waals surface area contributed by atoms with Gasteiger partial charge in [0.05, 0.1) is 4.92 Å². The first-order valence-corrected chi connectivity index (χ1v) is 6.56. The topological polar surface area (TPSA) is 75.6 Å². The lowest BCUT2D eigenvalue weighted by molar-refractivity contribution is -0.383. The van der Waals surface area contributed by atoms with Gasteiger partial charge in [-0.15, -0.1) is 0 Å². The molecule has 1 aliphatic heterocycles. The molecule has 0 radical (unpaired) electrons. The molecule has 0 atom stereocenters. The third-order valence-corrected chi connectivity index (χ3v) is 3.59. The van der Waals surface area contributed by atoms with Gasteiger partial charge < -0.3 is 15.5 Å². The fourth-order valence-corrected chi connectivity index (χ4v) is 2.47. The number of rotatable bonds is 5. The molecule has 104 valence electrons. The zero-order valence-corrected chi connectivity index (χ0v) is 11.2. The van der Waals surface area contributed by atoms with Gasteiger partial charge in [-0.3, -0.25) is 10.1 Å². The fraction of sp³-hybridized carbons (Fsp3) is 0.538. The molecule has 2 N–H and O–H groups in total. The molecule has 0 unspecified atom stereocenters. The van der Waals surface area contributed by atoms with Gasteiger partial charge in [-0.25, -0.2) is 0 Å². The van der Waals surface area contributed by atoms with Crippen LogP contribution in [0.15, 0.2) is 18.2 Å². The summed E-state index contributed by atoms with van der Waals surface area (Å²) < 4.78 is 0. The van der Waals surface area contributed by atoms with Crippen molar-refractivity contribution in [1.29, 1.82) is 0 Å². The standard InChI is InChI=1S/C13H20N4O2/c1-15(9-10-16-7-2-3-8-16)12-6-4-5-11(14)13(12)17(18)19/h4-6H,2-3,7-10,14H2,1H3. The SMILES string of the molecule is CN(CCN1CCCC1)c1cccc(N)c1[N+](=O)[O-]. The van der Waals surface area contributed by atoms with Gasteiger partial charge in [0.15, 0.2) is 0 Å². The van der Waals surface area contributed by atoms with Crippen LogP contribution in [0.2, 0.25) is 0 Å².